The molecule has 0 amide bonds. The van der Waals surface area contributed by atoms with E-state index in [0.717, 1.165) is 17.1 Å². The molecule has 0 N–H and O–H groups in total. The standard InChI is InChI=1S/C64H40N2S/c1-2-14-49-43(12-1)13-11-22-60(49)66-61-21-9-7-19-55(61)58-39-45(29-36-62(58)66)42-26-32-47(33-27-42)65(48-34-37-64-59(40-48)56-20-8-10-23-63(56)67-64)46-30-24-41(25-31-46)44-28-35-54-52-17-4-3-15-50(52)51-16-5-6-18-53(51)57(54)38-44/h1-40H. The van der Waals surface area contributed by atoms with Crippen LogP contribution in [0.1, 0.15) is 0 Å². The monoisotopic (exact) mass is 868 g/mol. The second-order valence-electron chi connectivity index (χ2n) is 17.6. The second kappa shape index (κ2) is 15.0. The second-order valence-corrected chi connectivity index (χ2v) is 18.7. The van der Waals surface area contributed by atoms with Crippen LogP contribution in [0.15, 0.2) is 243 Å². The van der Waals surface area contributed by atoms with Gasteiger partial charge in [0.25, 0.3) is 0 Å². The van der Waals surface area contributed by atoms with Gasteiger partial charge < -0.3 is 9.47 Å². The highest BCUT2D eigenvalue weighted by atomic mass is 32.1. The van der Waals surface area contributed by atoms with Gasteiger partial charge in [-0.3, -0.25) is 0 Å². The fourth-order valence-electron chi connectivity index (χ4n) is 10.8. The number of thiophene rings is 1. The molecule has 14 aromatic rings. The number of anilines is 3. The molecule has 14 rings (SSSR count). The molecule has 0 aliphatic rings. The average Bonchev–Trinajstić information content (AvgIpc) is 3.94. The first-order valence-corrected chi connectivity index (χ1v) is 23.8. The third-order valence-corrected chi connectivity index (χ3v) is 15.1. The van der Waals surface area contributed by atoms with Crippen molar-refractivity contribution in [3.8, 4) is 27.9 Å². The van der Waals surface area contributed by atoms with Crippen molar-refractivity contribution in [2.45, 2.75) is 0 Å². The minimum atomic E-state index is 1.10. The van der Waals surface area contributed by atoms with Gasteiger partial charge in [-0.2, -0.15) is 0 Å². The zero-order chi connectivity index (χ0) is 44.0. The van der Waals surface area contributed by atoms with E-state index in [1.165, 1.54) is 113 Å². The van der Waals surface area contributed by atoms with Gasteiger partial charge in [0, 0.05) is 53.4 Å². The number of hydrogen-bond donors (Lipinski definition) is 0. The molecule has 12 aromatic carbocycles. The van der Waals surface area contributed by atoms with Gasteiger partial charge in [-0.25, -0.2) is 0 Å². The molecule has 0 saturated heterocycles. The van der Waals surface area contributed by atoms with Crippen molar-refractivity contribution in [3.05, 3.63) is 243 Å². The minimum Gasteiger partial charge on any atom is -0.310 e. The van der Waals surface area contributed by atoms with Crippen molar-refractivity contribution in [1.29, 1.82) is 0 Å². The predicted octanol–water partition coefficient (Wildman–Crippen LogP) is 18.6. The van der Waals surface area contributed by atoms with Crippen molar-refractivity contribution in [1.82, 2.24) is 4.57 Å². The Labute approximate surface area is 391 Å². The molecule has 0 radical (unpaired) electrons. The van der Waals surface area contributed by atoms with E-state index < -0.39 is 0 Å². The highest BCUT2D eigenvalue weighted by Gasteiger charge is 2.18. The molecule has 0 aliphatic carbocycles. The molecule has 2 heterocycles. The van der Waals surface area contributed by atoms with Crippen LogP contribution < -0.4 is 4.90 Å². The van der Waals surface area contributed by atoms with Gasteiger partial charge in [0.1, 0.15) is 0 Å². The van der Waals surface area contributed by atoms with E-state index in [4.69, 9.17) is 0 Å². The highest BCUT2D eigenvalue weighted by Crippen LogP contribution is 2.43. The minimum absolute atomic E-state index is 1.10. The summed E-state index contributed by atoms with van der Waals surface area (Å²) in [5, 5.41) is 15.3. The summed E-state index contributed by atoms with van der Waals surface area (Å²) in [6.07, 6.45) is 0. The molecule has 67 heavy (non-hydrogen) atoms. The van der Waals surface area contributed by atoms with Crippen LogP contribution in [0.4, 0.5) is 17.1 Å². The third kappa shape index (κ3) is 6.02. The van der Waals surface area contributed by atoms with E-state index in [0.29, 0.717) is 0 Å². The number of nitrogens with zero attached hydrogens (tertiary/aromatic N) is 2. The lowest BCUT2D eigenvalue weighted by Crippen LogP contribution is -2.09. The summed E-state index contributed by atoms with van der Waals surface area (Å²) < 4.78 is 5.04. The summed E-state index contributed by atoms with van der Waals surface area (Å²) in [5.74, 6) is 0. The maximum atomic E-state index is 2.43. The van der Waals surface area contributed by atoms with E-state index >= 15 is 0 Å². The normalized spacial score (nSPS) is 11.9. The molecule has 2 nitrogen and oxygen atoms in total. The Morgan fingerprint density at radius 2 is 0.746 bits per heavy atom. The smallest absolute Gasteiger partial charge is 0.0541 e. The van der Waals surface area contributed by atoms with Crippen molar-refractivity contribution in [2.24, 2.45) is 0 Å². The molecule has 0 atom stereocenters. The summed E-state index contributed by atoms with van der Waals surface area (Å²) in [7, 11) is 0. The molecule has 0 bridgehead atoms. The molecule has 0 unspecified atom stereocenters. The van der Waals surface area contributed by atoms with Crippen LogP contribution in [-0.2, 0) is 0 Å². The lowest BCUT2D eigenvalue weighted by Gasteiger charge is -2.26. The Balaban J connectivity index is 0.872. The van der Waals surface area contributed by atoms with Crippen LogP contribution in [-0.4, -0.2) is 4.57 Å². The third-order valence-electron chi connectivity index (χ3n) is 14.0. The average molecular weight is 869 g/mol. The maximum Gasteiger partial charge on any atom is 0.0541 e. The number of fused-ring (bicyclic) bond motifs is 13. The number of para-hydroxylation sites is 1. The molecule has 312 valence electrons. The summed E-state index contributed by atoms with van der Waals surface area (Å²) in [5.41, 5.74) is 11.7. The van der Waals surface area contributed by atoms with Crippen LogP contribution in [0.25, 0.3) is 113 Å². The van der Waals surface area contributed by atoms with Gasteiger partial charge in [0.05, 0.1) is 16.7 Å². The molecule has 0 spiro atoms. The molecule has 3 heteroatoms. The largest absolute Gasteiger partial charge is 0.310 e. The first-order chi connectivity index (χ1) is 33.2. The summed E-state index contributed by atoms with van der Waals surface area (Å²) in [4.78, 5) is 2.40. The van der Waals surface area contributed by atoms with Crippen molar-refractivity contribution in [3.63, 3.8) is 0 Å². The topological polar surface area (TPSA) is 8.17 Å². The Bertz CT molecular complexity index is 4230. The zero-order valence-corrected chi connectivity index (χ0v) is 37.2. The van der Waals surface area contributed by atoms with Gasteiger partial charge in [-0.15, -0.1) is 11.3 Å². The first-order valence-electron chi connectivity index (χ1n) is 23.0. The van der Waals surface area contributed by atoms with Gasteiger partial charge >= 0.3 is 0 Å². The van der Waals surface area contributed by atoms with Crippen LogP contribution in [0, 0.1) is 0 Å². The Morgan fingerprint density at radius 3 is 1.45 bits per heavy atom. The zero-order valence-electron chi connectivity index (χ0n) is 36.4. The SMILES string of the molecule is c1ccc2c(-n3c4ccccc4c4cc(-c5ccc(N(c6ccc(-c7ccc8c9ccccc9c9ccccc9c8c7)cc6)c6ccc7sc8ccccc8c7c6)cc5)ccc43)cccc2c1. The number of benzene rings is 12. The number of aromatic nitrogens is 1. The van der Waals surface area contributed by atoms with E-state index in [1.54, 1.807) is 0 Å². The lowest BCUT2D eigenvalue weighted by molar-refractivity contribution is 1.20. The first kappa shape index (κ1) is 37.8. The van der Waals surface area contributed by atoms with Crippen LogP contribution in [0.2, 0.25) is 0 Å². The number of hydrogen-bond acceptors (Lipinski definition) is 2. The maximum absolute atomic E-state index is 2.43. The molecule has 0 saturated carbocycles. The summed E-state index contributed by atoms with van der Waals surface area (Å²) in [6.45, 7) is 0. The summed E-state index contributed by atoms with van der Waals surface area (Å²) >= 11 is 1.86. The Hall–Kier alpha value is -8.50. The van der Waals surface area contributed by atoms with Crippen LogP contribution >= 0.6 is 11.3 Å². The molecule has 2 aromatic heterocycles. The Kier molecular flexibility index (Phi) is 8.49. The Morgan fingerprint density at radius 1 is 0.269 bits per heavy atom. The fourth-order valence-corrected chi connectivity index (χ4v) is 11.9. The van der Waals surface area contributed by atoms with Crippen molar-refractivity contribution in [2.75, 3.05) is 4.90 Å². The van der Waals surface area contributed by atoms with E-state index in [1.807, 2.05) is 11.3 Å². The van der Waals surface area contributed by atoms with Crippen LogP contribution in [0.3, 0.4) is 0 Å². The van der Waals surface area contributed by atoms with Gasteiger partial charge in [-0.1, -0.05) is 164 Å². The molecule has 0 fully saturated rings. The predicted molar refractivity (Wildman–Crippen MR) is 289 cm³/mol. The highest BCUT2D eigenvalue weighted by molar-refractivity contribution is 7.25. The van der Waals surface area contributed by atoms with E-state index in [2.05, 4.69) is 252 Å². The quantitative estimate of drug-likeness (QED) is 0.151. The van der Waals surface area contributed by atoms with Crippen LogP contribution in [0.5, 0.6) is 0 Å². The van der Waals surface area contributed by atoms with Crippen molar-refractivity contribution < 1.29 is 0 Å². The number of rotatable bonds is 6. The lowest BCUT2D eigenvalue weighted by atomic mass is 9.92. The summed E-state index contributed by atoms with van der Waals surface area (Å²) in [6, 6.07) is 89.5. The molecule has 0 aliphatic heterocycles. The van der Waals surface area contributed by atoms with Gasteiger partial charge in [0.15, 0.2) is 0 Å². The van der Waals surface area contributed by atoms with Gasteiger partial charge in [-0.05, 0) is 139 Å². The van der Waals surface area contributed by atoms with Gasteiger partial charge in [0.2, 0.25) is 0 Å². The van der Waals surface area contributed by atoms with Crippen molar-refractivity contribution >= 4 is 113 Å². The van der Waals surface area contributed by atoms with E-state index in [9.17, 15) is 0 Å². The fraction of sp³-hybridized carbons (Fsp3) is 0. The van der Waals surface area contributed by atoms with E-state index in [-0.39, 0.29) is 0 Å². The molecular weight excluding hydrogens is 829 g/mol. The molecular formula is C64H40N2S.